The summed E-state index contributed by atoms with van der Waals surface area (Å²) in [5.74, 6) is -1.02. The van der Waals surface area contributed by atoms with Gasteiger partial charge < -0.3 is 11.1 Å². The van der Waals surface area contributed by atoms with E-state index < -0.39 is 11.3 Å². The lowest BCUT2D eigenvalue weighted by molar-refractivity contribution is -0.126. The van der Waals surface area contributed by atoms with Crippen LogP contribution < -0.4 is 11.1 Å². The quantitative estimate of drug-likeness (QED) is 0.859. The Balaban J connectivity index is 2.20. The summed E-state index contributed by atoms with van der Waals surface area (Å²) in [4.78, 5) is 23.2. The van der Waals surface area contributed by atoms with Crippen LogP contribution in [-0.4, -0.2) is 18.4 Å². The smallest absolute Gasteiger partial charge is 0.230 e. The molecule has 1 aromatic carbocycles. The molecule has 3 N–H and O–H groups in total. The maximum Gasteiger partial charge on any atom is 0.230 e. The average Bonchev–Trinajstić information content (AvgIpc) is 2.89. The average molecular weight is 278 g/mol. The highest BCUT2D eigenvalue weighted by Crippen LogP contribution is 2.42. The number of hydrogen-bond donors (Lipinski definition) is 2. The van der Waals surface area contributed by atoms with Gasteiger partial charge in [0, 0.05) is 18.5 Å². The van der Waals surface area contributed by atoms with Gasteiger partial charge in [0.25, 0.3) is 0 Å². The summed E-state index contributed by atoms with van der Waals surface area (Å²) in [6, 6.07) is 6.42. The Morgan fingerprint density at radius 2 is 1.90 bits per heavy atom. The van der Waals surface area contributed by atoms with Crippen molar-refractivity contribution < 1.29 is 14.0 Å². The van der Waals surface area contributed by atoms with Crippen molar-refractivity contribution in [3.05, 3.63) is 35.6 Å². The Hall–Kier alpha value is -1.91. The van der Waals surface area contributed by atoms with Crippen LogP contribution in [0.3, 0.4) is 0 Å². The summed E-state index contributed by atoms with van der Waals surface area (Å²) in [5, 5.41) is 2.72. The SMILES string of the molecule is NC(=O)CCNC(=O)C1(c2ccccc2F)CCCC1. The zero-order chi connectivity index (χ0) is 14.6. The highest BCUT2D eigenvalue weighted by molar-refractivity contribution is 5.89. The molecule has 0 atom stereocenters. The van der Waals surface area contributed by atoms with Crippen LogP contribution in [-0.2, 0) is 15.0 Å². The number of carbonyl (C=O) groups is 2. The second-order valence-corrected chi connectivity index (χ2v) is 5.24. The molecule has 1 fully saturated rings. The number of halogens is 1. The van der Waals surface area contributed by atoms with Crippen molar-refractivity contribution in [2.75, 3.05) is 6.54 Å². The third-order valence-electron chi connectivity index (χ3n) is 3.94. The fourth-order valence-corrected chi connectivity index (χ4v) is 2.92. The van der Waals surface area contributed by atoms with Crippen molar-refractivity contribution in [2.24, 2.45) is 5.73 Å². The number of primary amides is 1. The molecule has 20 heavy (non-hydrogen) atoms. The Morgan fingerprint density at radius 3 is 2.50 bits per heavy atom. The Morgan fingerprint density at radius 1 is 1.25 bits per heavy atom. The molecule has 0 radical (unpaired) electrons. The van der Waals surface area contributed by atoms with Crippen molar-refractivity contribution >= 4 is 11.8 Å². The number of amides is 2. The van der Waals surface area contributed by atoms with Gasteiger partial charge in [-0.2, -0.15) is 0 Å². The number of benzene rings is 1. The van der Waals surface area contributed by atoms with E-state index in [1.165, 1.54) is 6.07 Å². The Bertz CT molecular complexity index is 510. The largest absolute Gasteiger partial charge is 0.370 e. The summed E-state index contributed by atoms with van der Waals surface area (Å²) in [7, 11) is 0. The monoisotopic (exact) mass is 278 g/mol. The predicted molar refractivity (Wildman–Crippen MR) is 73.4 cm³/mol. The molecular formula is C15H19FN2O2. The molecular weight excluding hydrogens is 259 g/mol. The molecule has 0 saturated heterocycles. The van der Waals surface area contributed by atoms with Crippen molar-refractivity contribution in [1.82, 2.24) is 5.32 Å². The number of carbonyl (C=O) groups excluding carboxylic acids is 2. The third kappa shape index (κ3) is 2.81. The van der Waals surface area contributed by atoms with E-state index in [0.717, 1.165) is 12.8 Å². The first kappa shape index (κ1) is 14.5. The van der Waals surface area contributed by atoms with Crippen LogP contribution in [0.2, 0.25) is 0 Å². The van der Waals surface area contributed by atoms with Crippen molar-refractivity contribution in [2.45, 2.75) is 37.5 Å². The maximum absolute atomic E-state index is 14.0. The third-order valence-corrected chi connectivity index (χ3v) is 3.94. The van der Waals surface area contributed by atoms with Gasteiger partial charge in [-0.05, 0) is 18.9 Å². The van der Waals surface area contributed by atoms with E-state index in [-0.39, 0.29) is 24.7 Å². The van der Waals surface area contributed by atoms with Crippen LogP contribution in [0.1, 0.15) is 37.7 Å². The van der Waals surface area contributed by atoms with E-state index >= 15 is 0 Å². The van der Waals surface area contributed by atoms with E-state index in [0.29, 0.717) is 18.4 Å². The molecule has 1 aromatic rings. The molecule has 0 unspecified atom stereocenters. The van der Waals surface area contributed by atoms with Crippen molar-refractivity contribution in [3.63, 3.8) is 0 Å². The minimum Gasteiger partial charge on any atom is -0.370 e. The molecule has 2 amide bonds. The first-order valence-corrected chi connectivity index (χ1v) is 6.88. The lowest BCUT2D eigenvalue weighted by Gasteiger charge is -2.28. The molecule has 0 spiro atoms. The van der Waals surface area contributed by atoms with E-state index in [1.54, 1.807) is 18.2 Å². The summed E-state index contributed by atoms with van der Waals surface area (Å²) >= 11 is 0. The van der Waals surface area contributed by atoms with Gasteiger partial charge in [-0.1, -0.05) is 31.0 Å². The zero-order valence-electron chi connectivity index (χ0n) is 11.3. The molecule has 0 bridgehead atoms. The topological polar surface area (TPSA) is 72.2 Å². The summed E-state index contributed by atoms with van der Waals surface area (Å²) in [5.41, 5.74) is 4.70. The van der Waals surface area contributed by atoms with Crippen LogP contribution in [0.4, 0.5) is 4.39 Å². The van der Waals surface area contributed by atoms with E-state index in [2.05, 4.69) is 5.32 Å². The second-order valence-electron chi connectivity index (χ2n) is 5.24. The number of nitrogens with two attached hydrogens (primary N) is 1. The minimum absolute atomic E-state index is 0.0963. The number of hydrogen-bond acceptors (Lipinski definition) is 2. The molecule has 1 saturated carbocycles. The standard InChI is InChI=1S/C15H19FN2O2/c16-12-6-2-1-5-11(12)15(8-3-4-9-15)14(20)18-10-7-13(17)19/h1-2,5-6H,3-4,7-10H2,(H2,17,19)(H,18,20). The minimum atomic E-state index is -0.803. The molecule has 4 nitrogen and oxygen atoms in total. The fraction of sp³-hybridized carbons (Fsp3) is 0.467. The molecule has 2 rings (SSSR count). The summed E-state index contributed by atoms with van der Waals surface area (Å²) in [6.07, 6.45) is 3.17. The van der Waals surface area contributed by atoms with Gasteiger partial charge >= 0.3 is 0 Å². The molecule has 5 heteroatoms. The number of nitrogens with one attached hydrogen (secondary N) is 1. The van der Waals surface area contributed by atoms with Gasteiger partial charge in [-0.25, -0.2) is 4.39 Å². The second kappa shape index (κ2) is 6.03. The summed E-state index contributed by atoms with van der Waals surface area (Å²) < 4.78 is 14.0. The van der Waals surface area contributed by atoms with Crippen LogP contribution >= 0.6 is 0 Å². The molecule has 1 aliphatic rings. The highest BCUT2D eigenvalue weighted by Gasteiger charge is 2.44. The van der Waals surface area contributed by atoms with Crippen LogP contribution in [0.25, 0.3) is 0 Å². The van der Waals surface area contributed by atoms with Gasteiger partial charge in [-0.15, -0.1) is 0 Å². The molecule has 108 valence electrons. The first-order valence-electron chi connectivity index (χ1n) is 6.88. The van der Waals surface area contributed by atoms with Crippen molar-refractivity contribution in [3.8, 4) is 0 Å². The molecule has 0 aliphatic heterocycles. The molecule has 1 aliphatic carbocycles. The fourth-order valence-electron chi connectivity index (χ4n) is 2.92. The molecule has 0 aromatic heterocycles. The van der Waals surface area contributed by atoms with Gasteiger partial charge in [0.1, 0.15) is 5.82 Å². The Kier molecular flexibility index (Phi) is 4.37. The van der Waals surface area contributed by atoms with E-state index in [1.807, 2.05) is 0 Å². The number of rotatable bonds is 5. The Labute approximate surface area is 117 Å². The van der Waals surface area contributed by atoms with Crippen LogP contribution in [0.15, 0.2) is 24.3 Å². The van der Waals surface area contributed by atoms with Gasteiger partial charge in [-0.3, -0.25) is 9.59 Å². The van der Waals surface area contributed by atoms with Gasteiger partial charge in [0.05, 0.1) is 5.41 Å². The van der Waals surface area contributed by atoms with Crippen LogP contribution in [0.5, 0.6) is 0 Å². The van der Waals surface area contributed by atoms with Crippen molar-refractivity contribution in [1.29, 1.82) is 0 Å². The van der Waals surface area contributed by atoms with Crippen LogP contribution in [0, 0.1) is 5.82 Å². The normalized spacial score (nSPS) is 16.9. The summed E-state index contributed by atoms with van der Waals surface area (Å²) in [6.45, 7) is 0.199. The van der Waals surface area contributed by atoms with E-state index in [9.17, 15) is 14.0 Å². The van der Waals surface area contributed by atoms with Gasteiger partial charge in [0.15, 0.2) is 0 Å². The lowest BCUT2D eigenvalue weighted by atomic mass is 9.77. The highest BCUT2D eigenvalue weighted by atomic mass is 19.1. The zero-order valence-corrected chi connectivity index (χ0v) is 11.3. The lowest BCUT2D eigenvalue weighted by Crippen LogP contribution is -2.44. The first-order chi connectivity index (χ1) is 9.56. The van der Waals surface area contributed by atoms with Gasteiger partial charge in [0.2, 0.25) is 11.8 Å². The molecule has 0 heterocycles. The maximum atomic E-state index is 14.0. The van der Waals surface area contributed by atoms with E-state index in [4.69, 9.17) is 5.73 Å². The predicted octanol–water partition coefficient (Wildman–Crippen LogP) is 1.63.